The van der Waals surface area contributed by atoms with Crippen molar-refractivity contribution in [2.75, 3.05) is 7.05 Å². The standard InChI is InChI=1S/C16H19BrN2O2S/c1-3-16(14-7-9-18-10-8-14)19(2)22(20,21)12-13-5-4-6-15(17)11-13/h4-11,16H,3,12H2,1-2H3. The highest BCUT2D eigenvalue weighted by Crippen LogP contribution is 2.26. The molecule has 1 atom stereocenters. The molecule has 22 heavy (non-hydrogen) atoms. The summed E-state index contributed by atoms with van der Waals surface area (Å²) >= 11 is 3.37. The van der Waals surface area contributed by atoms with Crippen LogP contribution in [0.1, 0.15) is 30.5 Å². The molecule has 0 radical (unpaired) electrons. The highest BCUT2D eigenvalue weighted by atomic mass is 79.9. The lowest BCUT2D eigenvalue weighted by atomic mass is 10.1. The Labute approximate surface area is 140 Å². The van der Waals surface area contributed by atoms with Crippen LogP contribution in [-0.2, 0) is 15.8 Å². The lowest BCUT2D eigenvalue weighted by Gasteiger charge is -2.27. The fraction of sp³-hybridized carbons (Fsp3) is 0.312. The van der Waals surface area contributed by atoms with E-state index in [1.165, 1.54) is 4.31 Å². The Balaban J connectivity index is 2.24. The van der Waals surface area contributed by atoms with Crippen molar-refractivity contribution < 1.29 is 8.42 Å². The lowest BCUT2D eigenvalue weighted by molar-refractivity contribution is 0.366. The number of hydrogen-bond acceptors (Lipinski definition) is 3. The van der Waals surface area contributed by atoms with Gasteiger partial charge in [-0.2, -0.15) is 4.31 Å². The summed E-state index contributed by atoms with van der Waals surface area (Å²) in [6.07, 6.45) is 4.08. The second-order valence-electron chi connectivity index (χ2n) is 5.11. The maximum absolute atomic E-state index is 12.7. The molecule has 0 saturated heterocycles. The number of nitrogens with zero attached hydrogens (tertiary/aromatic N) is 2. The molecule has 0 bridgehead atoms. The van der Waals surface area contributed by atoms with Crippen LogP contribution in [-0.4, -0.2) is 24.8 Å². The molecule has 0 aliphatic carbocycles. The predicted octanol–water partition coefficient (Wildman–Crippen LogP) is 3.76. The number of halogens is 1. The van der Waals surface area contributed by atoms with E-state index in [1.807, 2.05) is 43.3 Å². The van der Waals surface area contributed by atoms with Gasteiger partial charge in [0.1, 0.15) is 0 Å². The summed E-state index contributed by atoms with van der Waals surface area (Å²) in [5.74, 6) is -0.00940. The number of pyridine rings is 1. The number of aromatic nitrogens is 1. The molecule has 6 heteroatoms. The summed E-state index contributed by atoms with van der Waals surface area (Å²) in [5.41, 5.74) is 1.73. The summed E-state index contributed by atoms with van der Waals surface area (Å²) in [4.78, 5) is 3.99. The predicted molar refractivity (Wildman–Crippen MR) is 91.8 cm³/mol. The Bertz CT molecular complexity index is 720. The second kappa shape index (κ2) is 7.35. The smallest absolute Gasteiger partial charge is 0.218 e. The number of hydrogen-bond donors (Lipinski definition) is 0. The van der Waals surface area contributed by atoms with Gasteiger partial charge in [-0.25, -0.2) is 8.42 Å². The monoisotopic (exact) mass is 382 g/mol. The first kappa shape index (κ1) is 17.1. The van der Waals surface area contributed by atoms with E-state index in [1.54, 1.807) is 19.4 Å². The SMILES string of the molecule is CCC(c1ccncc1)N(C)S(=O)(=O)Cc1cccc(Br)c1. The number of sulfonamides is 1. The average Bonchev–Trinajstić information content (AvgIpc) is 2.48. The summed E-state index contributed by atoms with van der Waals surface area (Å²) < 4.78 is 27.7. The molecule has 2 aromatic rings. The van der Waals surface area contributed by atoms with Gasteiger partial charge in [0.05, 0.1) is 5.75 Å². The number of benzene rings is 1. The summed E-state index contributed by atoms with van der Waals surface area (Å²) in [7, 11) is -1.76. The van der Waals surface area contributed by atoms with E-state index < -0.39 is 10.0 Å². The minimum absolute atomic E-state index is 0.00940. The van der Waals surface area contributed by atoms with Gasteiger partial charge < -0.3 is 0 Å². The molecule has 0 saturated carbocycles. The van der Waals surface area contributed by atoms with Gasteiger partial charge in [-0.15, -0.1) is 0 Å². The van der Waals surface area contributed by atoms with E-state index in [2.05, 4.69) is 20.9 Å². The first-order valence-electron chi connectivity index (χ1n) is 7.04. The molecule has 1 aromatic heterocycles. The average molecular weight is 383 g/mol. The molecule has 0 amide bonds. The minimum atomic E-state index is -3.40. The van der Waals surface area contributed by atoms with Crippen LogP contribution in [0.15, 0.2) is 53.3 Å². The molecular weight excluding hydrogens is 364 g/mol. The van der Waals surface area contributed by atoms with Gasteiger partial charge in [0.2, 0.25) is 10.0 Å². The lowest BCUT2D eigenvalue weighted by Crippen LogP contribution is -2.32. The van der Waals surface area contributed by atoms with Crippen LogP contribution < -0.4 is 0 Å². The fourth-order valence-corrected chi connectivity index (χ4v) is 4.33. The molecule has 0 fully saturated rings. The molecular formula is C16H19BrN2O2S. The Morgan fingerprint density at radius 3 is 2.50 bits per heavy atom. The van der Waals surface area contributed by atoms with Crippen LogP contribution in [0.4, 0.5) is 0 Å². The zero-order valence-electron chi connectivity index (χ0n) is 12.6. The van der Waals surface area contributed by atoms with E-state index >= 15 is 0 Å². The van der Waals surface area contributed by atoms with Crippen molar-refractivity contribution in [2.45, 2.75) is 25.1 Å². The molecule has 1 unspecified atom stereocenters. The third-order valence-electron chi connectivity index (χ3n) is 3.59. The maximum Gasteiger partial charge on any atom is 0.218 e. The molecule has 2 rings (SSSR count). The quantitative estimate of drug-likeness (QED) is 0.763. The van der Waals surface area contributed by atoms with Crippen LogP contribution >= 0.6 is 15.9 Å². The largest absolute Gasteiger partial charge is 0.265 e. The zero-order valence-corrected chi connectivity index (χ0v) is 15.0. The van der Waals surface area contributed by atoms with Crippen molar-refractivity contribution in [2.24, 2.45) is 0 Å². The minimum Gasteiger partial charge on any atom is -0.265 e. The zero-order chi connectivity index (χ0) is 16.2. The molecule has 0 aliphatic heterocycles. The summed E-state index contributed by atoms with van der Waals surface area (Å²) in [5, 5.41) is 0. The van der Waals surface area contributed by atoms with Crippen LogP contribution in [0.2, 0.25) is 0 Å². The molecule has 1 heterocycles. The van der Waals surface area contributed by atoms with Gasteiger partial charge >= 0.3 is 0 Å². The molecule has 0 spiro atoms. The molecule has 0 N–H and O–H groups in total. The number of rotatable bonds is 6. The van der Waals surface area contributed by atoms with Gasteiger partial charge in [-0.05, 0) is 41.8 Å². The van der Waals surface area contributed by atoms with E-state index in [9.17, 15) is 8.42 Å². The maximum atomic E-state index is 12.7. The molecule has 4 nitrogen and oxygen atoms in total. The van der Waals surface area contributed by atoms with Crippen molar-refractivity contribution in [3.8, 4) is 0 Å². The van der Waals surface area contributed by atoms with Crippen molar-refractivity contribution in [3.05, 3.63) is 64.4 Å². The van der Waals surface area contributed by atoms with Crippen LogP contribution in [0.5, 0.6) is 0 Å². The Kier molecular flexibility index (Phi) is 5.72. The third kappa shape index (κ3) is 4.15. The third-order valence-corrected chi connectivity index (χ3v) is 5.92. The summed E-state index contributed by atoms with van der Waals surface area (Å²) in [6, 6.07) is 10.9. The molecule has 118 valence electrons. The first-order valence-corrected chi connectivity index (χ1v) is 9.44. The Morgan fingerprint density at radius 1 is 1.23 bits per heavy atom. The molecule has 1 aromatic carbocycles. The second-order valence-corrected chi connectivity index (χ2v) is 8.05. The topological polar surface area (TPSA) is 50.3 Å². The van der Waals surface area contributed by atoms with Crippen molar-refractivity contribution >= 4 is 26.0 Å². The normalized spacial score (nSPS) is 13.3. The van der Waals surface area contributed by atoms with Crippen molar-refractivity contribution in [1.29, 1.82) is 0 Å². The van der Waals surface area contributed by atoms with Gasteiger partial charge in [0.25, 0.3) is 0 Å². The first-order chi connectivity index (χ1) is 10.4. The van der Waals surface area contributed by atoms with E-state index in [0.717, 1.165) is 15.6 Å². The van der Waals surface area contributed by atoms with Gasteiger partial charge in [-0.1, -0.05) is 35.0 Å². The Hall–Kier alpha value is -1.24. The summed E-state index contributed by atoms with van der Waals surface area (Å²) in [6.45, 7) is 1.98. The van der Waals surface area contributed by atoms with Gasteiger partial charge in [-0.3, -0.25) is 4.98 Å². The molecule has 0 aliphatic rings. The highest BCUT2D eigenvalue weighted by Gasteiger charge is 2.26. The van der Waals surface area contributed by atoms with E-state index in [0.29, 0.717) is 6.42 Å². The van der Waals surface area contributed by atoms with Gasteiger partial charge in [0, 0.05) is 30.0 Å². The van der Waals surface area contributed by atoms with Crippen LogP contribution in [0.3, 0.4) is 0 Å². The van der Waals surface area contributed by atoms with Crippen molar-refractivity contribution in [3.63, 3.8) is 0 Å². The van der Waals surface area contributed by atoms with Crippen molar-refractivity contribution in [1.82, 2.24) is 9.29 Å². The van der Waals surface area contributed by atoms with E-state index in [4.69, 9.17) is 0 Å². The van der Waals surface area contributed by atoms with Crippen LogP contribution in [0, 0.1) is 0 Å². The Morgan fingerprint density at radius 2 is 1.91 bits per heavy atom. The fourth-order valence-electron chi connectivity index (χ4n) is 2.42. The van der Waals surface area contributed by atoms with Crippen LogP contribution in [0.25, 0.3) is 0 Å². The highest BCUT2D eigenvalue weighted by molar-refractivity contribution is 9.10. The van der Waals surface area contributed by atoms with E-state index in [-0.39, 0.29) is 11.8 Å². The van der Waals surface area contributed by atoms with Gasteiger partial charge in [0.15, 0.2) is 0 Å².